The lowest BCUT2D eigenvalue weighted by molar-refractivity contribution is 0.546. The first-order valence-corrected chi connectivity index (χ1v) is 9.30. The Morgan fingerprint density at radius 2 is 2.00 bits per heavy atom. The van der Waals surface area contributed by atoms with Crippen LogP contribution in [0.3, 0.4) is 0 Å². The van der Waals surface area contributed by atoms with Crippen molar-refractivity contribution in [1.82, 2.24) is 15.1 Å². The summed E-state index contributed by atoms with van der Waals surface area (Å²) in [5, 5.41) is 8.41. The topological polar surface area (TPSA) is 29.9 Å². The third kappa shape index (κ3) is 5.13. The fourth-order valence-corrected chi connectivity index (χ4v) is 2.92. The molecule has 3 nitrogen and oxygen atoms in total. The van der Waals surface area contributed by atoms with Crippen molar-refractivity contribution in [3.05, 3.63) is 17.0 Å². The van der Waals surface area contributed by atoms with Gasteiger partial charge in [0.1, 0.15) is 0 Å². The number of thioether (sulfide) groups is 1. The summed E-state index contributed by atoms with van der Waals surface area (Å²) in [4.78, 5) is 0. The Labute approximate surface area is 128 Å². The van der Waals surface area contributed by atoms with E-state index >= 15 is 0 Å². The minimum absolute atomic E-state index is 0.696. The second-order valence-electron chi connectivity index (χ2n) is 5.67. The van der Waals surface area contributed by atoms with Gasteiger partial charge in [0.25, 0.3) is 0 Å². The predicted octanol–water partition coefficient (Wildman–Crippen LogP) is 3.51. The molecule has 0 radical (unpaired) electrons. The molecule has 0 atom stereocenters. The van der Waals surface area contributed by atoms with Crippen LogP contribution in [0.1, 0.15) is 51.1 Å². The Hall–Kier alpha value is -0.480. The molecule has 0 bridgehead atoms. The highest BCUT2D eigenvalue weighted by molar-refractivity contribution is 7.98. The van der Waals surface area contributed by atoms with Crippen LogP contribution in [0, 0.1) is 5.92 Å². The summed E-state index contributed by atoms with van der Waals surface area (Å²) in [7, 11) is 0. The molecule has 0 amide bonds. The van der Waals surface area contributed by atoms with Gasteiger partial charge in [-0.2, -0.15) is 16.9 Å². The number of hydrogen-bond acceptors (Lipinski definition) is 3. The molecule has 1 rings (SSSR count). The monoisotopic (exact) mass is 297 g/mol. The zero-order valence-electron chi connectivity index (χ0n) is 13.8. The molecular weight excluding hydrogens is 266 g/mol. The highest BCUT2D eigenvalue weighted by atomic mass is 32.2. The van der Waals surface area contributed by atoms with Crippen LogP contribution in [-0.2, 0) is 25.9 Å². The SMILES string of the molecule is CCc1nn(CCCSC)c(CC)c1CNCC(C)C. The van der Waals surface area contributed by atoms with Crippen molar-refractivity contribution >= 4 is 11.8 Å². The molecule has 1 heterocycles. The zero-order valence-corrected chi connectivity index (χ0v) is 14.6. The first-order chi connectivity index (χ1) is 9.63. The average molecular weight is 298 g/mol. The largest absolute Gasteiger partial charge is 0.312 e. The predicted molar refractivity (Wildman–Crippen MR) is 90.5 cm³/mol. The number of rotatable bonds is 10. The van der Waals surface area contributed by atoms with Gasteiger partial charge in [0, 0.05) is 24.3 Å². The fraction of sp³-hybridized carbons (Fsp3) is 0.812. The molecule has 0 saturated heterocycles. The van der Waals surface area contributed by atoms with Crippen LogP contribution in [0.5, 0.6) is 0 Å². The Balaban J connectivity index is 2.78. The quantitative estimate of drug-likeness (QED) is 0.670. The summed E-state index contributed by atoms with van der Waals surface area (Å²) < 4.78 is 2.25. The lowest BCUT2D eigenvalue weighted by Gasteiger charge is -2.10. The van der Waals surface area contributed by atoms with E-state index in [0.29, 0.717) is 5.92 Å². The molecule has 0 saturated carbocycles. The van der Waals surface area contributed by atoms with E-state index in [1.165, 1.54) is 29.1 Å². The summed E-state index contributed by atoms with van der Waals surface area (Å²) in [5.41, 5.74) is 4.15. The van der Waals surface area contributed by atoms with Crippen LogP contribution in [-0.4, -0.2) is 28.3 Å². The summed E-state index contributed by atoms with van der Waals surface area (Å²) in [6.45, 7) is 12.0. The second-order valence-corrected chi connectivity index (χ2v) is 6.66. The van der Waals surface area contributed by atoms with Gasteiger partial charge >= 0.3 is 0 Å². The molecule has 0 fully saturated rings. The number of nitrogens with zero attached hydrogens (tertiary/aromatic N) is 2. The van der Waals surface area contributed by atoms with E-state index in [2.05, 4.69) is 43.9 Å². The summed E-state index contributed by atoms with van der Waals surface area (Å²) >= 11 is 1.91. The molecular formula is C16H31N3S. The summed E-state index contributed by atoms with van der Waals surface area (Å²) in [6, 6.07) is 0. The highest BCUT2D eigenvalue weighted by Gasteiger charge is 2.14. The van der Waals surface area contributed by atoms with Gasteiger partial charge in [0.15, 0.2) is 0 Å². The lowest BCUT2D eigenvalue weighted by Crippen LogP contribution is -2.20. The standard InChI is InChI=1S/C16H31N3S/c1-6-15-14(12-17-11-13(3)4)16(7-2)19(18-15)9-8-10-20-5/h13,17H,6-12H2,1-5H3. The molecule has 0 aliphatic rings. The lowest BCUT2D eigenvalue weighted by atomic mass is 10.1. The first-order valence-electron chi connectivity index (χ1n) is 7.91. The third-order valence-electron chi connectivity index (χ3n) is 3.49. The van der Waals surface area contributed by atoms with Crippen LogP contribution >= 0.6 is 11.8 Å². The van der Waals surface area contributed by atoms with Gasteiger partial charge in [0.05, 0.1) is 5.69 Å². The molecule has 0 aliphatic heterocycles. The molecule has 0 aliphatic carbocycles. The van der Waals surface area contributed by atoms with E-state index in [9.17, 15) is 0 Å². The number of aryl methyl sites for hydroxylation is 2. The second kappa shape index (κ2) is 9.46. The van der Waals surface area contributed by atoms with E-state index < -0.39 is 0 Å². The molecule has 0 unspecified atom stereocenters. The third-order valence-corrected chi connectivity index (χ3v) is 4.19. The minimum Gasteiger partial charge on any atom is -0.312 e. The van der Waals surface area contributed by atoms with Crippen molar-refractivity contribution in [2.45, 2.75) is 60.0 Å². The molecule has 20 heavy (non-hydrogen) atoms. The molecule has 4 heteroatoms. The Kier molecular flexibility index (Phi) is 8.31. The fourth-order valence-electron chi connectivity index (χ4n) is 2.50. The van der Waals surface area contributed by atoms with Gasteiger partial charge < -0.3 is 5.32 Å². The zero-order chi connectivity index (χ0) is 15.0. The number of hydrogen-bond donors (Lipinski definition) is 1. The van der Waals surface area contributed by atoms with Crippen molar-refractivity contribution in [1.29, 1.82) is 0 Å². The van der Waals surface area contributed by atoms with Crippen molar-refractivity contribution < 1.29 is 0 Å². The molecule has 0 aromatic carbocycles. The van der Waals surface area contributed by atoms with Gasteiger partial charge in [-0.1, -0.05) is 27.7 Å². The molecule has 0 spiro atoms. The molecule has 1 aromatic rings. The smallest absolute Gasteiger partial charge is 0.0669 e. The van der Waals surface area contributed by atoms with Gasteiger partial charge in [-0.3, -0.25) is 4.68 Å². The maximum absolute atomic E-state index is 4.84. The van der Waals surface area contributed by atoms with Crippen LogP contribution < -0.4 is 5.32 Å². The van der Waals surface area contributed by atoms with Crippen LogP contribution in [0.15, 0.2) is 0 Å². The minimum atomic E-state index is 0.696. The Morgan fingerprint density at radius 3 is 2.55 bits per heavy atom. The van der Waals surface area contributed by atoms with E-state index in [1.54, 1.807) is 0 Å². The molecule has 116 valence electrons. The maximum Gasteiger partial charge on any atom is 0.0669 e. The van der Waals surface area contributed by atoms with Crippen LogP contribution in [0.25, 0.3) is 0 Å². The number of nitrogens with one attached hydrogen (secondary N) is 1. The van der Waals surface area contributed by atoms with Crippen molar-refractivity contribution in [3.63, 3.8) is 0 Å². The van der Waals surface area contributed by atoms with Crippen molar-refractivity contribution in [3.8, 4) is 0 Å². The first kappa shape index (κ1) is 17.6. The van der Waals surface area contributed by atoms with Crippen LogP contribution in [0.4, 0.5) is 0 Å². The van der Waals surface area contributed by atoms with Crippen LogP contribution in [0.2, 0.25) is 0 Å². The normalized spacial score (nSPS) is 11.5. The van der Waals surface area contributed by atoms with Gasteiger partial charge in [-0.25, -0.2) is 0 Å². The van der Waals surface area contributed by atoms with E-state index in [1.807, 2.05) is 11.8 Å². The van der Waals surface area contributed by atoms with E-state index in [0.717, 1.165) is 32.5 Å². The summed E-state index contributed by atoms with van der Waals surface area (Å²) in [6.07, 6.45) is 5.48. The van der Waals surface area contributed by atoms with Crippen molar-refractivity contribution in [2.75, 3.05) is 18.6 Å². The Morgan fingerprint density at radius 1 is 1.25 bits per heavy atom. The Bertz CT molecular complexity index is 385. The molecule has 1 N–H and O–H groups in total. The van der Waals surface area contributed by atoms with Gasteiger partial charge in [0.2, 0.25) is 0 Å². The highest BCUT2D eigenvalue weighted by Crippen LogP contribution is 2.17. The number of aromatic nitrogens is 2. The average Bonchev–Trinajstić information content (AvgIpc) is 2.76. The maximum atomic E-state index is 4.84. The van der Waals surface area contributed by atoms with E-state index in [4.69, 9.17) is 5.10 Å². The summed E-state index contributed by atoms with van der Waals surface area (Å²) in [5.74, 6) is 1.91. The van der Waals surface area contributed by atoms with Crippen molar-refractivity contribution in [2.24, 2.45) is 5.92 Å². The molecule has 1 aromatic heterocycles. The van der Waals surface area contributed by atoms with Gasteiger partial charge in [-0.15, -0.1) is 0 Å². The van der Waals surface area contributed by atoms with Gasteiger partial charge in [-0.05, 0) is 43.7 Å². The van der Waals surface area contributed by atoms with E-state index in [-0.39, 0.29) is 0 Å².